The number of hydrogen-bond donors (Lipinski definition) is 1. The molecule has 1 saturated carbocycles. The molecule has 4 rings (SSSR count). The maximum absolute atomic E-state index is 13.1. The summed E-state index contributed by atoms with van der Waals surface area (Å²) in [5, 5.41) is 2.83. The van der Waals surface area contributed by atoms with Crippen LogP contribution in [0.5, 0.6) is 5.75 Å². The molecule has 1 aliphatic heterocycles. The van der Waals surface area contributed by atoms with E-state index in [4.69, 9.17) is 4.74 Å². The third-order valence-corrected chi connectivity index (χ3v) is 8.11. The van der Waals surface area contributed by atoms with Crippen molar-refractivity contribution >= 4 is 21.6 Å². The monoisotopic (exact) mass is 386 g/mol. The lowest BCUT2D eigenvalue weighted by Crippen LogP contribution is -2.42. The van der Waals surface area contributed by atoms with Crippen LogP contribution in [0.3, 0.4) is 0 Å². The predicted octanol–water partition coefficient (Wildman–Crippen LogP) is 2.55. The number of rotatable bonds is 5. The Hall–Kier alpha value is -2.38. The van der Waals surface area contributed by atoms with Crippen molar-refractivity contribution in [2.45, 2.75) is 24.6 Å². The summed E-state index contributed by atoms with van der Waals surface area (Å²) in [5.74, 6) is 0.108. The van der Waals surface area contributed by atoms with Crippen LogP contribution < -0.4 is 10.1 Å². The molecule has 6 nitrogen and oxygen atoms in total. The van der Waals surface area contributed by atoms with Gasteiger partial charge in [0.1, 0.15) is 5.75 Å². The molecule has 27 heavy (non-hydrogen) atoms. The topological polar surface area (TPSA) is 75.7 Å². The largest absolute Gasteiger partial charge is 0.497 e. The highest BCUT2D eigenvalue weighted by molar-refractivity contribution is 7.92. The van der Waals surface area contributed by atoms with E-state index in [1.54, 1.807) is 19.2 Å². The van der Waals surface area contributed by atoms with Crippen LogP contribution in [0.2, 0.25) is 0 Å². The lowest BCUT2D eigenvalue weighted by Gasteiger charge is -2.21. The maximum atomic E-state index is 13.1. The number of carbonyl (C=O) groups excluding carboxylic acids is 1. The van der Waals surface area contributed by atoms with Gasteiger partial charge in [0.25, 0.3) is 0 Å². The third kappa shape index (κ3) is 2.82. The van der Waals surface area contributed by atoms with E-state index < -0.39 is 20.7 Å². The van der Waals surface area contributed by atoms with Crippen LogP contribution in [0, 0.1) is 12.8 Å². The highest BCUT2D eigenvalue weighted by Gasteiger charge is 2.75. The number of aryl methyl sites for hydroxylation is 1. The summed E-state index contributed by atoms with van der Waals surface area (Å²) in [7, 11) is -2.12. The van der Waals surface area contributed by atoms with Gasteiger partial charge in [-0.25, -0.2) is 8.42 Å². The van der Waals surface area contributed by atoms with E-state index >= 15 is 0 Å². The number of methoxy groups -OCH3 is 1. The summed E-state index contributed by atoms with van der Waals surface area (Å²) >= 11 is 0. The molecule has 0 bridgehead atoms. The molecule has 2 fully saturated rings. The van der Waals surface area contributed by atoms with Gasteiger partial charge in [0.05, 0.1) is 7.11 Å². The van der Waals surface area contributed by atoms with Crippen molar-refractivity contribution in [3.63, 3.8) is 0 Å². The van der Waals surface area contributed by atoms with Gasteiger partial charge in [0, 0.05) is 24.7 Å². The van der Waals surface area contributed by atoms with Crippen LogP contribution in [0.15, 0.2) is 48.5 Å². The number of benzene rings is 2. The number of anilines is 1. The van der Waals surface area contributed by atoms with Crippen molar-refractivity contribution in [2.75, 3.05) is 19.0 Å². The fraction of sp³-hybridized carbons (Fsp3) is 0.350. The number of carbonyl (C=O) groups is 1. The first kappa shape index (κ1) is 18.0. The van der Waals surface area contributed by atoms with Gasteiger partial charge < -0.3 is 10.1 Å². The van der Waals surface area contributed by atoms with E-state index in [2.05, 4.69) is 5.32 Å². The second-order valence-electron chi connectivity index (χ2n) is 7.21. The Labute approximate surface area is 159 Å². The average Bonchev–Trinajstić information content (AvgIpc) is 3.35. The first-order valence-electron chi connectivity index (χ1n) is 8.88. The zero-order valence-electron chi connectivity index (χ0n) is 15.3. The third-order valence-electron chi connectivity index (χ3n) is 5.54. The van der Waals surface area contributed by atoms with E-state index in [0.29, 0.717) is 30.9 Å². The Kier molecular flexibility index (Phi) is 4.24. The highest BCUT2D eigenvalue weighted by Crippen LogP contribution is 2.58. The molecule has 1 aliphatic carbocycles. The highest BCUT2D eigenvalue weighted by atomic mass is 32.2. The van der Waals surface area contributed by atoms with E-state index in [9.17, 15) is 13.2 Å². The Morgan fingerprint density at radius 2 is 2.00 bits per heavy atom. The molecule has 2 aliphatic rings. The summed E-state index contributed by atoms with van der Waals surface area (Å²) in [6, 6.07) is 14.7. The number of nitrogens with zero attached hydrogens (tertiary/aromatic N) is 1. The fourth-order valence-corrected chi connectivity index (χ4v) is 6.22. The number of ether oxygens (including phenoxy) is 1. The summed E-state index contributed by atoms with van der Waals surface area (Å²) in [6.07, 6.45) is 0.391. The van der Waals surface area contributed by atoms with Crippen molar-refractivity contribution in [1.29, 1.82) is 0 Å². The first-order chi connectivity index (χ1) is 12.9. The summed E-state index contributed by atoms with van der Waals surface area (Å²) in [4.78, 5) is 13.0. The van der Waals surface area contributed by atoms with Crippen LogP contribution in [-0.4, -0.2) is 37.0 Å². The average molecular weight is 386 g/mol. The molecule has 1 amide bonds. The van der Waals surface area contributed by atoms with Gasteiger partial charge in [-0.15, -0.1) is 0 Å². The Morgan fingerprint density at radius 3 is 2.67 bits per heavy atom. The van der Waals surface area contributed by atoms with Crippen molar-refractivity contribution in [3.8, 4) is 5.75 Å². The van der Waals surface area contributed by atoms with Crippen LogP contribution in [0.1, 0.15) is 17.5 Å². The van der Waals surface area contributed by atoms with Crippen LogP contribution in [0.4, 0.5) is 5.69 Å². The van der Waals surface area contributed by atoms with Gasteiger partial charge in [-0.2, -0.15) is 4.31 Å². The minimum absolute atomic E-state index is 0.148. The number of sulfonamides is 1. The van der Waals surface area contributed by atoms with Gasteiger partial charge in [-0.05, 0) is 42.7 Å². The number of amides is 1. The molecule has 142 valence electrons. The van der Waals surface area contributed by atoms with Gasteiger partial charge in [0.2, 0.25) is 15.9 Å². The quantitative estimate of drug-likeness (QED) is 0.857. The first-order valence-corrected chi connectivity index (χ1v) is 10.3. The van der Waals surface area contributed by atoms with Gasteiger partial charge in [-0.1, -0.05) is 30.3 Å². The Bertz CT molecular complexity index is 990. The van der Waals surface area contributed by atoms with Crippen molar-refractivity contribution in [3.05, 3.63) is 59.7 Å². The molecule has 1 N–H and O–H groups in total. The van der Waals surface area contributed by atoms with Gasteiger partial charge in [0.15, 0.2) is 4.75 Å². The SMILES string of the molecule is COc1ccc(NC(=O)[C@@]23C[C@H]2CN(Cc2ccccc2)S3(=O)=O)c(C)c1. The molecule has 2 aromatic rings. The molecule has 0 spiro atoms. The summed E-state index contributed by atoms with van der Waals surface area (Å²) in [5.41, 5.74) is 2.36. The molecule has 0 unspecified atom stereocenters. The van der Waals surface area contributed by atoms with Crippen molar-refractivity contribution in [2.24, 2.45) is 5.92 Å². The normalized spacial score (nSPS) is 25.6. The summed E-state index contributed by atoms with van der Waals surface area (Å²) < 4.78 is 31.5. The van der Waals surface area contributed by atoms with Crippen molar-refractivity contribution in [1.82, 2.24) is 4.31 Å². The Balaban J connectivity index is 1.55. The van der Waals surface area contributed by atoms with Crippen LogP contribution >= 0.6 is 0 Å². The molecule has 2 atom stereocenters. The maximum Gasteiger partial charge on any atom is 0.247 e. The van der Waals surface area contributed by atoms with Crippen molar-refractivity contribution < 1.29 is 17.9 Å². The van der Waals surface area contributed by atoms with Crippen LogP contribution in [0.25, 0.3) is 0 Å². The second-order valence-corrected chi connectivity index (χ2v) is 9.40. The van der Waals surface area contributed by atoms with E-state index in [1.807, 2.05) is 43.3 Å². The van der Waals surface area contributed by atoms with E-state index in [1.165, 1.54) is 4.31 Å². The molecule has 1 heterocycles. The molecule has 0 radical (unpaired) electrons. The van der Waals surface area contributed by atoms with Gasteiger partial charge in [-0.3, -0.25) is 4.79 Å². The molecule has 7 heteroatoms. The van der Waals surface area contributed by atoms with E-state index in [-0.39, 0.29) is 5.92 Å². The summed E-state index contributed by atoms with van der Waals surface area (Å²) in [6.45, 7) is 2.55. The molecular formula is C20H22N2O4S. The lowest BCUT2D eigenvalue weighted by atomic mass is 10.1. The van der Waals surface area contributed by atoms with E-state index in [0.717, 1.165) is 11.1 Å². The second kappa shape index (κ2) is 6.35. The van der Waals surface area contributed by atoms with Crippen LogP contribution in [-0.2, 0) is 21.4 Å². The number of hydrogen-bond acceptors (Lipinski definition) is 4. The number of nitrogens with one attached hydrogen (secondary N) is 1. The smallest absolute Gasteiger partial charge is 0.247 e. The zero-order valence-corrected chi connectivity index (χ0v) is 16.1. The molecular weight excluding hydrogens is 364 g/mol. The lowest BCUT2D eigenvalue weighted by molar-refractivity contribution is -0.116. The molecule has 2 aromatic carbocycles. The molecule has 0 aromatic heterocycles. The van der Waals surface area contributed by atoms with Gasteiger partial charge >= 0.3 is 0 Å². The Morgan fingerprint density at radius 1 is 1.26 bits per heavy atom. The minimum Gasteiger partial charge on any atom is -0.497 e. The standard InChI is InChI=1S/C20H22N2O4S/c1-14-10-17(26-2)8-9-18(14)21-19(23)20-11-16(20)13-22(27(20,24)25)12-15-6-4-3-5-7-15/h3-10,16H,11-13H2,1-2H3,(H,21,23)/t16-,20+/m0/s1. The predicted molar refractivity (Wildman–Crippen MR) is 103 cm³/mol. The zero-order chi connectivity index (χ0) is 19.2. The molecule has 1 saturated heterocycles. The number of fused-ring (bicyclic) bond motifs is 1. The minimum atomic E-state index is -3.70. The fourth-order valence-electron chi connectivity index (χ4n) is 3.87.